The number of aryl methyl sites for hydroxylation is 2. The van der Waals surface area contributed by atoms with Crippen LogP contribution in [0.15, 0.2) is 36.7 Å². The van der Waals surface area contributed by atoms with Gasteiger partial charge in [0.1, 0.15) is 11.6 Å². The lowest BCUT2D eigenvalue weighted by Gasteiger charge is -2.09. The van der Waals surface area contributed by atoms with Gasteiger partial charge in [0.15, 0.2) is 5.65 Å². The molecule has 0 aliphatic heterocycles. The van der Waals surface area contributed by atoms with Crippen LogP contribution in [0.5, 0.6) is 0 Å². The predicted octanol–water partition coefficient (Wildman–Crippen LogP) is 3.58. The van der Waals surface area contributed by atoms with Crippen molar-refractivity contribution < 1.29 is 0 Å². The predicted molar refractivity (Wildman–Crippen MR) is 102 cm³/mol. The van der Waals surface area contributed by atoms with Crippen LogP contribution in [0.1, 0.15) is 18.3 Å². The van der Waals surface area contributed by atoms with E-state index < -0.39 is 0 Å². The Hall–Kier alpha value is -2.93. The second kappa shape index (κ2) is 6.76. The molecule has 2 N–H and O–H groups in total. The number of nitrogens with one attached hydrogen (secondary N) is 2. The number of aromatic nitrogens is 6. The summed E-state index contributed by atoms with van der Waals surface area (Å²) in [6, 6.07) is 7.68. The summed E-state index contributed by atoms with van der Waals surface area (Å²) in [6.45, 7) is 2.62. The van der Waals surface area contributed by atoms with E-state index in [1.54, 1.807) is 10.9 Å². The smallest absolute Gasteiger partial charge is 0.163 e. The van der Waals surface area contributed by atoms with Gasteiger partial charge in [0.2, 0.25) is 0 Å². The molecule has 0 amide bonds. The Bertz CT molecular complexity index is 1050. The maximum Gasteiger partial charge on any atom is 0.163 e. The Balaban J connectivity index is 1.64. The number of hydrogen-bond acceptors (Lipinski definition) is 5. The number of benzene rings is 1. The molecule has 0 atom stereocenters. The molecule has 26 heavy (non-hydrogen) atoms. The summed E-state index contributed by atoms with van der Waals surface area (Å²) in [5.74, 6) is 1.57. The van der Waals surface area contributed by atoms with Gasteiger partial charge in [0.25, 0.3) is 0 Å². The largest absolute Gasteiger partial charge is 0.365 e. The fourth-order valence-corrected chi connectivity index (χ4v) is 2.98. The molecule has 1 aromatic carbocycles. The van der Waals surface area contributed by atoms with Crippen molar-refractivity contribution in [3.8, 4) is 11.3 Å². The first-order valence-electron chi connectivity index (χ1n) is 8.36. The second-order valence-corrected chi connectivity index (χ2v) is 6.41. The van der Waals surface area contributed by atoms with Crippen molar-refractivity contribution in [1.29, 1.82) is 0 Å². The third-order valence-electron chi connectivity index (χ3n) is 4.25. The first kappa shape index (κ1) is 16.5. The van der Waals surface area contributed by atoms with Gasteiger partial charge in [0.05, 0.1) is 23.5 Å². The molecule has 0 unspecified atom stereocenters. The molecule has 0 aliphatic rings. The Morgan fingerprint density at radius 1 is 1.15 bits per heavy atom. The molecule has 0 fully saturated rings. The summed E-state index contributed by atoms with van der Waals surface area (Å²) in [6.07, 6.45) is 4.36. The Kier molecular flexibility index (Phi) is 4.30. The van der Waals surface area contributed by atoms with Gasteiger partial charge in [-0.05, 0) is 17.7 Å². The number of rotatable bonds is 5. The fraction of sp³-hybridized carbons (Fsp3) is 0.222. The van der Waals surface area contributed by atoms with Crippen LogP contribution in [0.4, 0.5) is 5.82 Å². The van der Waals surface area contributed by atoms with E-state index in [0.717, 1.165) is 45.9 Å². The van der Waals surface area contributed by atoms with Crippen molar-refractivity contribution in [2.24, 2.45) is 7.05 Å². The number of fused-ring (bicyclic) bond motifs is 1. The molecular weight excluding hydrogens is 350 g/mol. The van der Waals surface area contributed by atoms with Crippen LogP contribution in [0, 0.1) is 0 Å². The van der Waals surface area contributed by atoms with E-state index in [1.807, 2.05) is 44.4 Å². The molecule has 132 valence electrons. The normalized spacial score (nSPS) is 11.2. The first-order valence-corrected chi connectivity index (χ1v) is 8.74. The molecular formula is C18H18ClN7. The van der Waals surface area contributed by atoms with Crippen LogP contribution in [-0.2, 0) is 20.0 Å². The van der Waals surface area contributed by atoms with E-state index in [4.69, 9.17) is 11.6 Å². The minimum absolute atomic E-state index is 0.582. The highest BCUT2D eigenvalue weighted by atomic mass is 35.5. The van der Waals surface area contributed by atoms with Crippen molar-refractivity contribution in [2.45, 2.75) is 19.9 Å². The average Bonchev–Trinajstić information content (AvgIpc) is 3.27. The number of nitrogens with zero attached hydrogens (tertiary/aromatic N) is 5. The minimum Gasteiger partial charge on any atom is -0.365 e. The number of H-pyrrole nitrogens is 1. The lowest BCUT2D eigenvalue weighted by Crippen LogP contribution is -2.06. The molecule has 3 heterocycles. The molecule has 3 aromatic heterocycles. The summed E-state index contributed by atoms with van der Waals surface area (Å²) in [5.41, 5.74) is 3.86. The third kappa shape index (κ3) is 3.01. The van der Waals surface area contributed by atoms with Gasteiger partial charge in [-0.25, -0.2) is 9.97 Å². The Morgan fingerprint density at radius 2 is 1.96 bits per heavy atom. The Labute approximate surface area is 155 Å². The van der Waals surface area contributed by atoms with Crippen LogP contribution in [0.2, 0.25) is 5.02 Å². The average molecular weight is 368 g/mol. The van der Waals surface area contributed by atoms with Gasteiger partial charge in [-0.3, -0.25) is 9.78 Å². The first-order chi connectivity index (χ1) is 12.7. The minimum atomic E-state index is 0.582. The highest BCUT2D eigenvalue weighted by Gasteiger charge is 2.13. The quantitative estimate of drug-likeness (QED) is 0.563. The van der Waals surface area contributed by atoms with Crippen molar-refractivity contribution in [1.82, 2.24) is 29.9 Å². The Morgan fingerprint density at radius 3 is 2.73 bits per heavy atom. The van der Waals surface area contributed by atoms with Crippen LogP contribution in [0.3, 0.4) is 0 Å². The van der Waals surface area contributed by atoms with Crippen molar-refractivity contribution in [2.75, 3.05) is 5.32 Å². The molecule has 4 aromatic rings. The second-order valence-electron chi connectivity index (χ2n) is 5.98. The monoisotopic (exact) mass is 367 g/mol. The molecule has 7 nitrogen and oxygen atoms in total. The summed E-state index contributed by atoms with van der Waals surface area (Å²) >= 11 is 5.98. The van der Waals surface area contributed by atoms with Crippen LogP contribution < -0.4 is 5.32 Å². The van der Waals surface area contributed by atoms with E-state index >= 15 is 0 Å². The van der Waals surface area contributed by atoms with E-state index in [-0.39, 0.29) is 0 Å². The molecule has 0 bridgehead atoms. The number of hydrogen-bond donors (Lipinski definition) is 2. The van der Waals surface area contributed by atoms with Crippen molar-refractivity contribution in [3.63, 3.8) is 0 Å². The molecule has 4 rings (SSSR count). The van der Waals surface area contributed by atoms with Crippen molar-refractivity contribution in [3.05, 3.63) is 53.1 Å². The van der Waals surface area contributed by atoms with Crippen LogP contribution in [0.25, 0.3) is 22.3 Å². The fourth-order valence-electron chi connectivity index (χ4n) is 2.85. The van der Waals surface area contributed by atoms with Crippen molar-refractivity contribution >= 4 is 28.5 Å². The zero-order valence-corrected chi connectivity index (χ0v) is 15.2. The summed E-state index contributed by atoms with van der Waals surface area (Å²) < 4.78 is 1.76. The molecule has 0 spiro atoms. The van der Waals surface area contributed by atoms with Gasteiger partial charge in [-0.1, -0.05) is 30.7 Å². The van der Waals surface area contributed by atoms with Gasteiger partial charge in [0, 0.05) is 30.6 Å². The molecule has 8 heteroatoms. The lowest BCUT2D eigenvalue weighted by molar-refractivity contribution is 0.779. The van der Waals surface area contributed by atoms with Crippen LogP contribution >= 0.6 is 11.6 Å². The standard InChI is InChI=1S/C18H18ClN7/c1-3-15-23-17(14-10-22-26(2)18(14)24-15)20-8-12-9-21-25-16(12)11-4-6-13(19)7-5-11/h4-7,9-10H,3,8H2,1-2H3,(H,21,25)(H,20,23,24). The summed E-state index contributed by atoms with van der Waals surface area (Å²) in [7, 11) is 1.88. The molecule has 0 saturated carbocycles. The summed E-state index contributed by atoms with van der Waals surface area (Å²) in [4.78, 5) is 9.17. The topological polar surface area (TPSA) is 84.3 Å². The molecule has 0 aliphatic carbocycles. The van der Waals surface area contributed by atoms with Gasteiger partial charge in [-0.2, -0.15) is 10.2 Å². The number of halogens is 1. The van der Waals surface area contributed by atoms with E-state index in [9.17, 15) is 0 Å². The maximum absolute atomic E-state index is 5.98. The van der Waals surface area contributed by atoms with Gasteiger partial charge < -0.3 is 5.32 Å². The SMILES string of the molecule is CCc1nc(NCc2cn[nH]c2-c2ccc(Cl)cc2)c2cnn(C)c2n1. The van der Waals surface area contributed by atoms with Gasteiger partial charge >= 0.3 is 0 Å². The van der Waals surface area contributed by atoms with E-state index in [1.165, 1.54) is 0 Å². The zero-order valence-electron chi connectivity index (χ0n) is 14.5. The lowest BCUT2D eigenvalue weighted by atomic mass is 10.1. The maximum atomic E-state index is 5.98. The van der Waals surface area contributed by atoms with E-state index in [0.29, 0.717) is 11.6 Å². The summed E-state index contributed by atoms with van der Waals surface area (Å²) in [5, 5.41) is 16.6. The molecule has 0 saturated heterocycles. The van der Waals surface area contributed by atoms with E-state index in [2.05, 4.69) is 30.6 Å². The zero-order chi connectivity index (χ0) is 18.1. The third-order valence-corrected chi connectivity index (χ3v) is 4.50. The van der Waals surface area contributed by atoms with Crippen LogP contribution in [-0.4, -0.2) is 29.9 Å². The van der Waals surface area contributed by atoms with Gasteiger partial charge in [-0.15, -0.1) is 0 Å². The molecule has 0 radical (unpaired) electrons. The highest BCUT2D eigenvalue weighted by Crippen LogP contribution is 2.25. The number of anilines is 1. The number of aromatic amines is 1. The highest BCUT2D eigenvalue weighted by molar-refractivity contribution is 6.30.